The molecule has 2 N–H and O–H groups in total. The molecule has 144 valence electrons. The monoisotopic (exact) mass is 368 g/mol. The van der Waals surface area contributed by atoms with Crippen molar-refractivity contribution in [3.63, 3.8) is 0 Å². The third kappa shape index (κ3) is 5.47. The highest BCUT2D eigenvalue weighted by Gasteiger charge is 2.16. The Morgan fingerprint density at radius 3 is 2.30 bits per heavy atom. The Labute approximate surface area is 161 Å². The minimum Gasteiger partial charge on any atom is -0.484 e. The molecule has 0 spiro atoms. The number of nitrogens with zero attached hydrogens (tertiary/aromatic N) is 1. The number of likely N-dealkylation sites (N-methyl/N-ethyl adjacent to an activating group) is 1. The molecule has 0 aliphatic carbocycles. The number of anilines is 2. The van der Waals surface area contributed by atoms with Crippen LogP contribution in [0.3, 0.4) is 0 Å². The summed E-state index contributed by atoms with van der Waals surface area (Å²) < 4.78 is 5.58. The van der Waals surface area contributed by atoms with Crippen LogP contribution in [0, 0.1) is 0 Å². The number of nitrogens with one attached hydrogen (secondary N) is 2. The SMILES string of the molecule is CC(C)c1ccc(OCC(=O)Nc2ccc(N3CC[NH+](C)CC3)cc2)cc1. The summed E-state index contributed by atoms with van der Waals surface area (Å²) in [7, 11) is 2.23. The third-order valence-corrected chi connectivity index (χ3v) is 5.05. The second kappa shape index (κ2) is 8.91. The Balaban J connectivity index is 1.47. The predicted molar refractivity (Wildman–Crippen MR) is 110 cm³/mol. The first-order valence-corrected chi connectivity index (χ1v) is 9.70. The van der Waals surface area contributed by atoms with E-state index in [2.05, 4.69) is 43.2 Å². The minimum absolute atomic E-state index is 0.00398. The van der Waals surface area contributed by atoms with Crippen LogP contribution in [-0.2, 0) is 4.79 Å². The number of hydrogen-bond donors (Lipinski definition) is 2. The predicted octanol–water partition coefficient (Wildman–Crippen LogP) is 2.16. The Kier molecular flexibility index (Phi) is 6.35. The molecular formula is C22H30N3O2+. The summed E-state index contributed by atoms with van der Waals surface area (Å²) in [5.41, 5.74) is 3.26. The average molecular weight is 369 g/mol. The van der Waals surface area contributed by atoms with Gasteiger partial charge in [-0.3, -0.25) is 4.79 Å². The Morgan fingerprint density at radius 1 is 1.07 bits per heavy atom. The molecule has 5 nitrogen and oxygen atoms in total. The Morgan fingerprint density at radius 2 is 1.70 bits per heavy atom. The van der Waals surface area contributed by atoms with Crippen LogP contribution < -0.4 is 19.9 Å². The van der Waals surface area contributed by atoms with E-state index in [1.807, 2.05) is 36.4 Å². The van der Waals surface area contributed by atoms with Gasteiger partial charge in [0.2, 0.25) is 0 Å². The van der Waals surface area contributed by atoms with E-state index in [-0.39, 0.29) is 12.5 Å². The average Bonchev–Trinajstić information content (AvgIpc) is 2.68. The van der Waals surface area contributed by atoms with Crippen molar-refractivity contribution in [2.75, 3.05) is 50.1 Å². The number of rotatable bonds is 6. The third-order valence-electron chi connectivity index (χ3n) is 5.05. The van der Waals surface area contributed by atoms with Crippen molar-refractivity contribution in [2.24, 2.45) is 0 Å². The highest BCUT2D eigenvalue weighted by Crippen LogP contribution is 2.19. The standard InChI is InChI=1S/C22H29N3O2/c1-17(2)18-4-10-21(11-5-18)27-16-22(26)23-19-6-8-20(9-7-19)25-14-12-24(3)13-15-25/h4-11,17H,12-16H2,1-3H3,(H,23,26)/p+1. The van der Waals surface area contributed by atoms with Gasteiger partial charge in [-0.2, -0.15) is 0 Å². The second-order valence-electron chi connectivity index (χ2n) is 7.55. The Hall–Kier alpha value is -2.53. The van der Waals surface area contributed by atoms with E-state index >= 15 is 0 Å². The summed E-state index contributed by atoms with van der Waals surface area (Å²) in [6.45, 7) is 8.77. The molecule has 27 heavy (non-hydrogen) atoms. The summed E-state index contributed by atoms with van der Waals surface area (Å²) in [4.78, 5) is 16.1. The molecule has 1 aliphatic rings. The first kappa shape index (κ1) is 19.2. The van der Waals surface area contributed by atoms with Crippen molar-refractivity contribution in [3.05, 3.63) is 54.1 Å². The maximum atomic E-state index is 12.1. The van der Waals surface area contributed by atoms with Gasteiger partial charge in [0.1, 0.15) is 5.75 Å². The molecule has 1 saturated heterocycles. The lowest BCUT2D eigenvalue weighted by Crippen LogP contribution is -3.12. The molecule has 0 atom stereocenters. The summed E-state index contributed by atoms with van der Waals surface area (Å²) >= 11 is 0. The highest BCUT2D eigenvalue weighted by atomic mass is 16.5. The number of hydrogen-bond acceptors (Lipinski definition) is 3. The maximum Gasteiger partial charge on any atom is 0.262 e. The van der Waals surface area contributed by atoms with Gasteiger partial charge in [0.15, 0.2) is 6.61 Å². The van der Waals surface area contributed by atoms with Crippen molar-refractivity contribution in [3.8, 4) is 5.75 Å². The van der Waals surface area contributed by atoms with Crippen LogP contribution in [0.4, 0.5) is 11.4 Å². The van der Waals surface area contributed by atoms with E-state index in [9.17, 15) is 4.79 Å². The molecule has 1 amide bonds. The molecule has 5 heteroatoms. The fourth-order valence-electron chi connectivity index (χ4n) is 3.20. The molecular weight excluding hydrogens is 338 g/mol. The van der Waals surface area contributed by atoms with Gasteiger partial charge in [-0.25, -0.2) is 0 Å². The summed E-state index contributed by atoms with van der Waals surface area (Å²) in [5, 5.41) is 2.89. The number of piperazine rings is 1. The lowest BCUT2D eigenvalue weighted by molar-refractivity contribution is -0.880. The number of ether oxygens (including phenoxy) is 1. The lowest BCUT2D eigenvalue weighted by atomic mass is 10.0. The summed E-state index contributed by atoms with van der Waals surface area (Å²) in [6.07, 6.45) is 0. The first-order valence-electron chi connectivity index (χ1n) is 9.70. The van der Waals surface area contributed by atoms with E-state index < -0.39 is 0 Å². The van der Waals surface area contributed by atoms with E-state index in [4.69, 9.17) is 4.74 Å². The van der Waals surface area contributed by atoms with Crippen molar-refractivity contribution < 1.29 is 14.4 Å². The van der Waals surface area contributed by atoms with Gasteiger partial charge < -0.3 is 19.9 Å². The summed E-state index contributed by atoms with van der Waals surface area (Å²) in [6, 6.07) is 16.0. The fraction of sp³-hybridized carbons (Fsp3) is 0.409. The van der Waals surface area contributed by atoms with Crippen LogP contribution in [0.25, 0.3) is 0 Å². The molecule has 1 heterocycles. The van der Waals surface area contributed by atoms with Crippen LogP contribution in [0.2, 0.25) is 0 Å². The van der Waals surface area contributed by atoms with Gasteiger partial charge in [-0.1, -0.05) is 26.0 Å². The molecule has 0 aromatic heterocycles. The molecule has 2 aromatic carbocycles. The lowest BCUT2D eigenvalue weighted by Gasteiger charge is -2.31. The topological polar surface area (TPSA) is 46.0 Å². The zero-order valence-electron chi connectivity index (χ0n) is 16.5. The first-order chi connectivity index (χ1) is 13.0. The van der Waals surface area contributed by atoms with Crippen LogP contribution in [0.5, 0.6) is 5.75 Å². The zero-order valence-corrected chi connectivity index (χ0v) is 16.5. The van der Waals surface area contributed by atoms with Gasteiger partial charge in [0.05, 0.1) is 33.2 Å². The number of carbonyl (C=O) groups is 1. The van der Waals surface area contributed by atoms with E-state index in [0.29, 0.717) is 11.7 Å². The van der Waals surface area contributed by atoms with Crippen LogP contribution in [-0.4, -0.2) is 45.7 Å². The minimum atomic E-state index is -0.154. The second-order valence-corrected chi connectivity index (χ2v) is 7.55. The van der Waals surface area contributed by atoms with Gasteiger partial charge >= 0.3 is 0 Å². The van der Waals surface area contributed by atoms with Crippen molar-refractivity contribution >= 4 is 17.3 Å². The van der Waals surface area contributed by atoms with Crippen LogP contribution in [0.15, 0.2) is 48.5 Å². The maximum absolute atomic E-state index is 12.1. The highest BCUT2D eigenvalue weighted by molar-refractivity contribution is 5.92. The molecule has 1 fully saturated rings. The van der Waals surface area contributed by atoms with Gasteiger partial charge in [0, 0.05) is 11.4 Å². The van der Waals surface area contributed by atoms with Gasteiger partial charge in [-0.15, -0.1) is 0 Å². The molecule has 0 unspecified atom stereocenters. The molecule has 0 radical (unpaired) electrons. The zero-order chi connectivity index (χ0) is 19.2. The number of amides is 1. The molecule has 1 aliphatic heterocycles. The number of carbonyl (C=O) groups excluding carboxylic acids is 1. The fourth-order valence-corrected chi connectivity index (χ4v) is 3.20. The van der Waals surface area contributed by atoms with E-state index in [1.165, 1.54) is 11.3 Å². The molecule has 0 bridgehead atoms. The molecule has 3 rings (SSSR count). The van der Waals surface area contributed by atoms with Gasteiger partial charge in [-0.05, 0) is 47.9 Å². The van der Waals surface area contributed by atoms with Crippen molar-refractivity contribution in [2.45, 2.75) is 19.8 Å². The van der Waals surface area contributed by atoms with Gasteiger partial charge in [0.25, 0.3) is 5.91 Å². The quantitative estimate of drug-likeness (QED) is 0.821. The van der Waals surface area contributed by atoms with Crippen molar-refractivity contribution in [1.82, 2.24) is 0 Å². The largest absolute Gasteiger partial charge is 0.484 e. The van der Waals surface area contributed by atoms with Crippen molar-refractivity contribution in [1.29, 1.82) is 0 Å². The van der Waals surface area contributed by atoms with Crippen LogP contribution in [0.1, 0.15) is 25.3 Å². The smallest absolute Gasteiger partial charge is 0.262 e. The normalized spacial score (nSPS) is 15.0. The number of quaternary nitrogens is 1. The number of benzene rings is 2. The summed E-state index contributed by atoms with van der Waals surface area (Å²) in [5.74, 6) is 1.04. The Bertz CT molecular complexity index is 733. The van der Waals surface area contributed by atoms with Crippen LogP contribution >= 0.6 is 0 Å². The van der Waals surface area contributed by atoms with E-state index in [0.717, 1.165) is 31.9 Å². The molecule has 0 saturated carbocycles. The molecule has 2 aromatic rings. The van der Waals surface area contributed by atoms with E-state index in [1.54, 1.807) is 4.90 Å².